The predicted molar refractivity (Wildman–Crippen MR) is 63.9 cm³/mol. The zero-order valence-corrected chi connectivity index (χ0v) is 10.6. The van der Waals surface area contributed by atoms with Gasteiger partial charge in [0.15, 0.2) is 5.82 Å². The van der Waals surface area contributed by atoms with Gasteiger partial charge in [-0.1, -0.05) is 5.16 Å². The van der Waals surface area contributed by atoms with E-state index in [9.17, 15) is 0 Å². The highest BCUT2D eigenvalue weighted by Crippen LogP contribution is 2.13. The maximum absolute atomic E-state index is 5.14. The van der Waals surface area contributed by atoms with Crippen LogP contribution in [0.3, 0.4) is 0 Å². The second kappa shape index (κ2) is 5.54. The van der Waals surface area contributed by atoms with Gasteiger partial charge in [0.05, 0.1) is 6.54 Å². The number of hydrogen-bond acceptors (Lipinski definition) is 7. The Morgan fingerprint density at radius 3 is 2.78 bits per heavy atom. The number of rotatable bonds is 5. The number of ether oxygens (including phenoxy) is 1. The van der Waals surface area contributed by atoms with Crippen molar-refractivity contribution in [2.75, 3.05) is 19.1 Å². The van der Waals surface area contributed by atoms with Crippen LogP contribution < -0.4 is 4.90 Å². The predicted octanol–water partition coefficient (Wildman–Crippen LogP) is 1.20. The maximum atomic E-state index is 5.14. The van der Waals surface area contributed by atoms with Crippen LogP contribution in [0.15, 0.2) is 23.0 Å². The van der Waals surface area contributed by atoms with E-state index in [0.717, 1.165) is 0 Å². The van der Waals surface area contributed by atoms with Crippen LogP contribution in [0.4, 0.5) is 5.95 Å². The van der Waals surface area contributed by atoms with E-state index in [4.69, 9.17) is 9.26 Å². The smallest absolute Gasteiger partial charge is 0.246 e. The lowest BCUT2D eigenvalue weighted by Crippen LogP contribution is -2.19. The molecule has 2 rings (SSSR count). The van der Waals surface area contributed by atoms with Crippen LogP contribution in [0.5, 0.6) is 0 Å². The minimum Gasteiger partial charge on any atom is -0.374 e. The topological polar surface area (TPSA) is 77.2 Å². The molecule has 0 N–H and O–H groups in total. The molecule has 0 saturated heterocycles. The number of hydrogen-bond donors (Lipinski definition) is 0. The van der Waals surface area contributed by atoms with Crippen molar-refractivity contribution in [3.63, 3.8) is 0 Å². The fourth-order valence-electron chi connectivity index (χ4n) is 1.36. The SMILES string of the molecule is COC(C)c1noc(CN(C)c2ncccn2)n1. The molecular weight excluding hydrogens is 234 g/mol. The van der Waals surface area contributed by atoms with Crippen molar-refractivity contribution in [1.29, 1.82) is 0 Å². The van der Waals surface area contributed by atoms with Gasteiger partial charge in [0.1, 0.15) is 6.10 Å². The molecule has 2 aromatic rings. The van der Waals surface area contributed by atoms with Crippen LogP contribution in [-0.2, 0) is 11.3 Å². The van der Waals surface area contributed by atoms with Crippen LogP contribution in [-0.4, -0.2) is 34.3 Å². The van der Waals surface area contributed by atoms with E-state index >= 15 is 0 Å². The van der Waals surface area contributed by atoms with Gasteiger partial charge in [-0.2, -0.15) is 4.98 Å². The maximum Gasteiger partial charge on any atom is 0.246 e. The van der Waals surface area contributed by atoms with Crippen molar-refractivity contribution in [3.8, 4) is 0 Å². The molecule has 7 heteroatoms. The highest BCUT2D eigenvalue weighted by molar-refractivity contribution is 5.26. The molecule has 0 aromatic carbocycles. The Labute approximate surface area is 105 Å². The van der Waals surface area contributed by atoms with Gasteiger partial charge in [-0.3, -0.25) is 0 Å². The summed E-state index contributed by atoms with van der Waals surface area (Å²) in [4.78, 5) is 14.3. The summed E-state index contributed by atoms with van der Waals surface area (Å²) in [7, 11) is 3.46. The molecule has 7 nitrogen and oxygen atoms in total. The number of anilines is 1. The minimum atomic E-state index is -0.180. The fourth-order valence-corrected chi connectivity index (χ4v) is 1.36. The molecule has 1 atom stereocenters. The summed E-state index contributed by atoms with van der Waals surface area (Å²) in [6.45, 7) is 2.31. The first-order chi connectivity index (χ1) is 8.70. The molecule has 2 heterocycles. The first kappa shape index (κ1) is 12.4. The van der Waals surface area contributed by atoms with Gasteiger partial charge in [0, 0.05) is 26.6 Å². The molecule has 2 aromatic heterocycles. The summed E-state index contributed by atoms with van der Waals surface area (Å²) in [6, 6.07) is 1.77. The van der Waals surface area contributed by atoms with E-state index in [1.54, 1.807) is 25.6 Å². The molecule has 0 radical (unpaired) electrons. The Morgan fingerprint density at radius 1 is 1.39 bits per heavy atom. The first-order valence-corrected chi connectivity index (χ1v) is 5.54. The first-order valence-electron chi connectivity index (χ1n) is 5.54. The van der Waals surface area contributed by atoms with Crippen LogP contribution in [0.25, 0.3) is 0 Å². The molecule has 18 heavy (non-hydrogen) atoms. The van der Waals surface area contributed by atoms with E-state index in [2.05, 4.69) is 20.1 Å². The van der Waals surface area contributed by atoms with Crippen LogP contribution in [0, 0.1) is 0 Å². The van der Waals surface area contributed by atoms with E-state index < -0.39 is 0 Å². The Kier molecular flexibility index (Phi) is 3.83. The molecule has 0 fully saturated rings. The molecule has 96 valence electrons. The highest BCUT2D eigenvalue weighted by atomic mass is 16.5. The zero-order chi connectivity index (χ0) is 13.0. The molecule has 0 bridgehead atoms. The van der Waals surface area contributed by atoms with Crippen molar-refractivity contribution in [3.05, 3.63) is 30.2 Å². The summed E-state index contributed by atoms with van der Waals surface area (Å²) in [6.07, 6.45) is 3.19. The molecule has 0 aliphatic carbocycles. The molecule has 0 spiro atoms. The molecular formula is C11H15N5O2. The van der Waals surface area contributed by atoms with Gasteiger partial charge >= 0.3 is 0 Å². The highest BCUT2D eigenvalue weighted by Gasteiger charge is 2.14. The third kappa shape index (κ3) is 2.80. The number of aromatic nitrogens is 4. The van der Waals surface area contributed by atoms with Crippen LogP contribution >= 0.6 is 0 Å². The van der Waals surface area contributed by atoms with Crippen molar-refractivity contribution < 1.29 is 9.26 Å². The zero-order valence-electron chi connectivity index (χ0n) is 10.6. The number of methoxy groups -OCH3 is 1. The summed E-state index contributed by atoms with van der Waals surface area (Å²) < 4.78 is 10.3. The monoisotopic (exact) mass is 249 g/mol. The van der Waals surface area contributed by atoms with Gasteiger partial charge in [-0.25, -0.2) is 9.97 Å². The second-order valence-corrected chi connectivity index (χ2v) is 3.83. The molecule has 0 aliphatic heterocycles. The summed E-state index contributed by atoms with van der Waals surface area (Å²) in [5.74, 6) is 1.65. The summed E-state index contributed by atoms with van der Waals surface area (Å²) in [5, 5.41) is 3.86. The van der Waals surface area contributed by atoms with Crippen molar-refractivity contribution in [2.24, 2.45) is 0 Å². The third-order valence-electron chi connectivity index (χ3n) is 2.47. The lowest BCUT2D eigenvalue weighted by molar-refractivity contribution is 0.109. The Hall–Kier alpha value is -2.02. The van der Waals surface area contributed by atoms with Crippen LogP contribution in [0.1, 0.15) is 24.7 Å². The van der Waals surface area contributed by atoms with Crippen molar-refractivity contribution >= 4 is 5.95 Å². The summed E-state index contributed by atoms with van der Waals surface area (Å²) >= 11 is 0. The average Bonchev–Trinajstić information content (AvgIpc) is 2.87. The fraction of sp³-hybridized carbons (Fsp3) is 0.455. The standard InChI is InChI=1S/C11H15N5O2/c1-8(17-3)10-14-9(18-15-10)7-16(2)11-12-5-4-6-13-11/h4-6,8H,7H2,1-3H3. The van der Waals surface area contributed by atoms with Gasteiger partial charge in [-0.05, 0) is 13.0 Å². The molecule has 1 unspecified atom stereocenters. The molecule has 0 aliphatic rings. The van der Waals surface area contributed by atoms with Gasteiger partial charge in [-0.15, -0.1) is 0 Å². The van der Waals surface area contributed by atoms with E-state index in [0.29, 0.717) is 24.2 Å². The van der Waals surface area contributed by atoms with Gasteiger partial charge < -0.3 is 14.2 Å². The Morgan fingerprint density at radius 2 is 2.11 bits per heavy atom. The largest absolute Gasteiger partial charge is 0.374 e. The van der Waals surface area contributed by atoms with Crippen molar-refractivity contribution in [1.82, 2.24) is 20.1 Å². The third-order valence-corrected chi connectivity index (χ3v) is 2.47. The summed E-state index contributed by atoms with van der Waals surface area (Å²) in [5.41, 5.74) is 0. The van der Waals surface area contributed by atoms with Gasteiger partial charge in [0.25, 0.3) is 0 Å². The quantitative estimate of drug-likeness (QED) is 0.787. The Bertz CT molecular complexity index is 487. The van der Waals surface area contributed by atoms with Gasteiger partial charge in [0.2, 0.25) is 11.8 Å². The number of nitrogens with zero attached hydrogens (tertiary/aromatic N) is 5. The van der Waals surface area contributed by atoms with Crippen molar-refractivity contribution in [2.45, 2.75) is 19.6 Å². The lowest BCUT2D eigenvalue weighted by atomic mass is 10.4. The molecule has 0 amide bonds. The van der Waals surface area contributed by atoms with E-state index in [-0.39, 0.29) is 6.10 Å². The minimum absolute atomic E-state index is 0.180. The van der Waals surface area contributed by atoms with E-state index in [1.165, 1.54) is 0 Å². The van der Waals surface area contributed by atoms with Crippen LogP contribution in [0.2, 0.25) is 0 Å². The second-order valence-electron chi connectivity index (χ2n) is 3.83. The normalized spacial score (nSPS) is 12.4. The average molecular weight is 249 g/mol. The Balaban J connectivity index is 2.03. The lowest BCUT2D eigenvalue weighted by Gasteiger charge is -2.13. The molecule has 0 saturated carbocycles. The van der Waals surface area contributed by atoms with E-state index in [1.807, 2.05) is 18.9 Å².